The number of nitrogens with zero attached hydrogens (tertiary/aromatic N) is 5. The SMILES string of the molecule is Cn1ncc2ccc(-c3noc(-c4ccc5nc[nH]c5c4)n3)cc21. The molecule has 0 radical (unpaired) electrons. The van der Waals surface area contributed by atoms with E-state index in [4.69, 9.17) is 4.52 Å². The highest BCUT2D eigenvalue weighted by atomic mass is 16.5. The smallest absolute Gasteiger partial charge is 0.258 e. The van der Waals surface area contributed by atoms with Crippen LogP contribution < -0.4 is 0 Å². The minimum Gasteiger partial charge on any atom is -0.345 e. The first-order valence-corrected chi connectivity index (χ1v) is 7.47. The first-order chi connectivity index (χ1) is 11.8. The highest BCUT2D eigenvalue weighted by molar-refractivity contribution is 5.83. The molecule has 0 fully saturated rings. The van der Waals surface area contributed by atoms with Gasteiger partial charge in [0.05, 0.1) is 29.1 Å². The predicted octanol–water partition coefficient (Wildman–Crippen LogP) is 3.17. The second-order valence-corrected chi connectivity index (χ2v) is 5.60. The van der Waals surface area contributed by atoms with E-state index in [1.807, 2.05) is 54.3 Å². The van der Waals surface area contributed by atoms with E-state index < -0.39 is 0 Å². The van der Waals surface area contributed by atoms with Gasteiger partial charge in [-0.25, -0.2) is 4.98 Å². The highest BCUT2D eigenvalue weighted by Crippen LogP contribution is 2.26. The molecule has 116 valence electrons. The summed E-state index contributed by atoms with van der Waals surface area (Å²) in [5.41, 5.74) is 4.61. The van der Waals surface area contributed by atoms with E-state index >= 15 is 0 Å². The largest absolute Gasteiger partial charge is 0.345 e. The molecule has 24 heavy (non-hydrogen) atoms. The lowest BCUT2D eigenvalue weighted by Crippen LogP contribution is -1.89. The van der Waals surface area contributed by atoms with E-state index in [9.17, 15) is 0 Å². The number of nitrogens with one attached hydrogen (secondary N) is 1. The van der Waals surface area contributed by atoms with Gasteiger partial charge in [0, 0.05) is 23.6 Å². The Morgan fingerprint density at radius 3 is 2.96 bits per heavy atom. The molecule has 7 heteroatoms. The molecule has 1 N–H and O–H groups in total. The molecule has 3 heterocycles. The summed E-state index contributed by atoms with van der Waals surface area (Å²) in [6, 6.07) is 11.8. The maximum atomic E-state index is 5.44. The summed E-state index contributed by atoms with van der Waals surface area (Å²) in [6.07, 6.45) is 3.50. The number of hydrogen-bond acceptors (Lipinski definition) is 5. The molecule has 0 saturated carbocycles. The fourth-order valence-electron chi connectivity index (χ4n) is 2.81. The number of rotatable bonds is 2. The Kier molecular flexibility index (Phi) is 2.58. The Labute approximate surface area is 135 Å². The average molecular weight is 316 g/mol. The molecule has 0 amide bonds. The first kappa shape index (κ1) is 13.0. The van der Waals surface area contributed by atoms with Crippen LogP contribution in [0.25, 0.3) is 44.8 Å². The lowest BCUT2D eigenvalue weighted by Gasteiger charge is -1.97. The molecular weight excluding hydrogens is 304 g/mol. The van der Waals surface area contributed by atoms with Crippen LogP contribution in [0.2, 0.25) is 0 Å². The van der Waals surface area contributed by atoms with Crippen LogP contribution in [0.4, 0.5) is 0 Å². The van der Waals surface area contributed by atoms with Crippen LogP contribution in [0.5, 0.6) is 0 Å². The fraction of sp³-hybridized carbons (Fsp3) is 0.0588. The molecule has 0 unspecified atom stereocenters. The maximum Gasteiger partial charge on any atom is 0.258 e. The van der Waals surface area contributed by atoms with Crippen molar-refractivity contribution in [3.8, 4) is 22.8 Å². The van der Waals surface area contributed by atoms with Gasteiger partial charge in [-0.05, 0) is 24.3 Å². The summed E-state index contributed by atoms with van der Waals surface area (Å²) >= 11 is 0. The van der Waals surface area contributed by atoms with Crippen molar-refractivity contribution in [2.24, 2.45) is 7.05 Å². The number of benzene rings is 2. The first-order valence-electron chi connectivity index (χ1n) is 7.47. The molecule has 0 atom stereocenters. The number of imidazole rings is 1. The summed E-state index contributed by atoms with van der Waals surface area (Å²) in [6.45, 7) is 0. The number of fused-ring (bicyclic) bond motifs is 2. The molecule has 0 aliphatic carbocycles. The number of aromatic amines is 1. The molecule has 0 saturated heterocycles. The predicted molar refractivity (Wildman–Crippen MR) is 89.1 cm³/mol. The molecule has 7 nitrogen and oxygen atoms in total. The van der Waals surface area contributed by atoms with E-state index in [-0.39, 0.29) is 0 Å². The van der Waals surface area contributed by atoms with Crippen molar-refractivity contribution in [3.05, 3.63) is 48.9 Å². The van der Waals surface area contributed by atoms with Gasteiger partial charge in [-0.1, -0.05) is 17.3 Å². The summed E-state index contributed by atoms with van der Waals surface area (Å²) in [7, 11) is 1.91. The molecule has 0 aliphatic rings. The topological polar surface area (TPSA) is 85.4 Å². The normalized spacial score (nSPS) is 11.5. The lowest BCUT2D eigenvalue weighted by atomic mass is 10.1. The second kappa shape index (κ2) is 4.76. The molecule has 2 aromatic carbocycles. The minimum atomic E-state index is 0.478. The van der Waals surface area contributed by atoms with E-state index in [0.29, 0.717) is 11.7 Å². The van der Waals surface area contributed by atoms with Crippen LogP contribution in [0.3, 0.4) is 0 Å². The van der Waals surface area contributed by atoms with Crippen LogP contribution in [0.15, 0.2) is 53.4 Å². The van der Waals surface area contributed by atoms with Gasteiger partial charge in [-0.2, -0.15) is 10.1 Å². The zero-order valence-corrected chi connectivity index (χ0v) is 12.8. The summed E-state index contributed by atoms with van der Waals surface area (Å²) in [5, 5.41) is 9.44. The van der Waals surface area contributed by atoms with Crippen LogP contribution in [-0.2, 0) is 7.05 Å². The van der Waals surface area contributed by atoms with Crippen LogP contribution in [0.1, 0.15) is 0 Å². The van der Waals surface area contributed by atoms with Crippen molar-refractivity contribution in [1.82, 2.24) is 29.9 Å². The highest BCUT2D eigenvalue weighted by Gasteiger charge is 2.12. The maximum absolute atomic E-state index is 5.44. The van der Waals surface area contributed by atoms with E-state index in [1.165, 1.54) is 0 Å². The zero-order chi connectivity index (χ0) is 16.1. The third kappa shape index (κ3) is 1.91. The monoisotopic (exact) mass is 316 g/mol. The quantitative estimate of drug-likeness (QED) is 0.540. The van der Waals surface area contributed by atoms with Gasteiger partial charge in [0.2, 0.25) is 5.82 Å². The van der Waals surface area contributed by atoms with Crippen molar-refractivity contribution in [2.45, 2.75) is 0 Å². The van der Waals surface area contributed by atoms with Crippen molar-refractivity contribution in [2.75, 3.05) is 0 Å². The number of aromatic nitrogens is 6. The molecule has 0 spiro atoms. The number of H-pyrrole nitrogens is 1. The third-order valence-electron chi connectivity index (χ3n) is 4.10. The van der Waals surface area contributed by atoms with E-state index in [2.05, 4.69) is 25.2 Å². The fourth-order valence-corrected chi connectivity index (χ4v) is 2.81. The average Bonchev–Trinajstić information content (AvgIpc) is 3.33. The van der Waals surface area contributed by atoms with Crippen LogP contribution >= 0.6 is 0 Å². The molecular formula is C17H12N6O. The van der Waals surface area contributed by atoms with Crippen LogP contribution in [0, 0.1) is 0 Å². The van der Waals surface area contributed by atoms with Gasteiger partial charge < -0.3 is 9.51 Å². The lowest BCUT2D eigenvalue weighted by molar-refractivity contribution is 0.432. The van der Waals surface area contributed by atoms with Crippen molar-refractivity contribution < 1.29 is 4.52 Å². The van der Waals surface area contributed by atoms with Gasteiger partial charge >= 0.3 is 0 Å². The van der Waals surface area contributed by atoms with Gasteiger partial charge in [0.15, 0.2) is 0 Å². The third-order valence-corrected chi connectivity index (χ3v) is 4.10. The molecule has 5 aromatic rings. The van der Waals surface area contributed by atoms with Gasteiger partial charge in [0.25, 0.3) is 5.89 Å². The van der Waals surface area contributed by atoms with Gasteiger partial charge in [-0.3, -0.25) is 4.68 Å². The minimum absolute atomic E-state index is 0.478. The number of hydrogen-bond donors (Lipinski definition) is 1. The van der Waals surface area contributed by atoms with Gasteiger partial charge in [0.1, 0.15) is 0 Å². The Morgan fingerprint density at radius 1 is 1.08 bits per heavy atom. The summed E-state index contributed by atoms with van der Waals surface area (Å²) in [5.74, 6) is 1.03. The summed E-state index contributed by atoms with van der Waals surface area (Å²) < 4.78 is 7.26. The number of aryl methyl sites for hydroxylation is 1. The summed E-state index contributed by atoms with van der Waals surface area (Å²) in [4.78, 5) is 11.8. The van der Waals surface area contributed by atoms with E-state index in [1.54, 1.807) is 6.33 Å². The molecule has 0 bridgehead atoms. The van der Waals surface area contributed by atoms with Crippen LogP contribution in [-0.4, -0.2) is 29.9 Å². The Hall–Kier alpha value is -3.48. The van der Waals surface area contributed by atoms with Crippen molar-refractivity contribution in [3.63, 3.8) is 0 Å². The molecule has 3 aromatic heterocycles. The Morgan fingerprint density at radius 2 is 2.00 bits per heavy atom. The zero-order valence-electron chi connectivity index (χ0n) is 12.8. The second-order valence-electron chi connectivity index (χ2n) is 5.60. The van der Waals surface area contributed by atoms with E-state index in [0.717, 1.165) is 33.1 Å². The standard InChI is InChI=1S/C17H12N6O/c1-23-15-7-10(2-3-12(15)8-20-23)16-21-17(24-22-16)11-4-5-13-14(6-11)19-9-18-13/h2-9H,1H3,(H,18,19). The van der Waals surface area contributed by atoms with Gasteiger partial charge in [-0.15, -0.1) is 0 Å². The Balaban J connectivity index is 1.58. The molecule has 0 aliphatic heterocycles. The molecule has 5 rings (SSSR count). The van der Waals surface area contributed by atoms with Crippen molar-refractivity contribution in [1.29, 1.82) is 0 Å². The Bertz CT molecular complexity index is 1180. The van der Waals surface area contributed by atoms with Crippen molar-refractivity contribution >= 4 is 21.9 Å².